The van der Waals surface area contributed by atoms with Crippen LogP contribution in [-0.2, 0) is 6.42 Å². The molecule has 0 aliphatic heterocycles. The van der Waals surface area contributed by atoms with Crippen LogP contribution in [0.4, 0.5) is 0 Å². The van der Waals surface area contributed by atoms with E-state index in [0.717, 1.165) is 36.3 Å². The number of hydrogen-bond donors (Lipinski definition) is 2. The maximum Gasteiger partial charge on any atom is 0.191 e. The van der Waals surface area contributed by atoms with Gasteiger partial charge in [-0.15, -0.1) is 10.2 Å². The quantitative estimate of drug-likeness (QED) is 0.551. The number of rotatable bonds is 8. The van der Waals surface area contributed by atoms with Crippen molar-refractivity contribution in [2.75, 3.05) is 13.1 Å². The zero-order valence-electron chi connectivity index (χ0n) is 16.8. The van der Waals surface area contributed by atoms with Crippen LogP contribution in [-0.4, -0.2) is 39.7 Å². The molecule has 27 heavy (non-hydrogen) atoms. The van der Waals surface area contributed by atoms with Crippen molar-refractivity contribution in [3.8, 4) is 0 Å². The van der Waals surface area contributed by atoms with Gasteiger partial charge >= 0.3 is 0 Å². The molecule has 6 nitrogen and oxygen atoms in total. The van der Waals surface area contributed by atoms with Gasteiger partial charge in [0, 0.05) is 31.7 Å². The van der Waals surface area contributed by atoms with Crippen LogP contribution in [0.25, 0.3) is 5.65 Å². The second kappa shape index (κ2) is 10.3. The van der Waals surface area contributed by atoms with Crippen LogP contribution in [0.2, 0.25) is 0 Å². The number of nitrogens with one attached hydrogen (secondary N) is 2. The van der Waals surface area contributed by atoms with Crippen LogP contribution in [0.5, 0.6) is 0 Å². The largest absolute Gasteiger partial charge is 0.357 e. The van der Waals surface area contributed by atoms with E-state index in [4.69, 9.17) is 4.99 Å². The average molecular weight is 371 g/mol. The predicted octanol–water partition coefficient (Wildman–Crippen LogP) is 3.58. The van der Waals surface area contributed by atoms with Crippen molar-refractivity contribution in [2.24, 2.45) is 10.9 Å². The molecule has 2 aromatic heterocycles. The molecule has 6 heteroatoms. The molecular formula is C21H34N6. The maximum absolute atomic E-state index is 4.74. The van der Waals surface area contributed by atoms with E-state index in [1.165, 1.54) is 44.9 Å². The van der Waals surface area contributed by atoms with Gasteiger partial charge in [-0.3, -0.25) is 9.39 Å². The molecule has 1 atom stereocenters. The minimum Gasteiger partial charge on any atom is -0.357 e. The number of pyridine rings is 1. The van der Waals surface area contributed by atoms with E-state index in [1.807, 2.05) is 28.8 Å². The van der Waals surface area contributed by atoms with Gasteiger partial charge in [-0.05, 0) is 44.7 Å². The lowest BCUT2D eigenvalue weighted by Crippen LogP contribution is -2.42. The van der Waals surface area contributed by atoms with E-state index >= 15 is 0 Å². The fraction of sp³-hybridized carbons (Fsp3) is 0.667. The van der Waals surface area contributed by atoms with E-state index in [9.17, 15) is 0 Å². The van der Waals surface area contributed by atoms with Crippen LogP contribution in [0, 0.1) is 5.92 Å². The smallest absolute Gasteiger partial charge is 0.191 e. The van der Waals surface area contributed by atoms with Gasteiger partial charge < -0.3 is 10.6 Å². The molecule has 2 N–H and O–H groups in total. The predicted molar refractivity (Wildman–Crippen MR) is 111 cm³/mol. The van der Waals surface area contributed by atoms with Crippen molar-refractivity contribution in [1.82, 2.24) is 25.2 Å². The summed E-state index contributed by atoms with van der Waals surface area (Å²) in [4.78, 5) is 4.74. The van der Waals surface area contributed by atoms with Gasteiger partial charge in [-0.25, -0.2) is 0 Å². The van der Waals surface area contributed by atoms with E-state index in [0.29, 0.717) is 12.6 Å². The molecule has 0 amide bonds. The molecule has 148 valence electrons. The second-order valence-corrected chi connectivity index (χ2v) is 7.68. The first kappa shape index (κ1) is 19.6. The highest BCUT2D eigenvalue weighted by molar-refractivity contribution is 5.80. The number of guanidine groups is 1. The summed E-state index contributed by atoms with van der Waals surface area (Å²) in [6.07, 6.45) is 12.5. The van der Waals surface area contributed by atoms with Crippen LogP contribution < -0.4 is 10.6 Å². The highest BCUT2D eigenvalue weighted by Gasteiger charge is 2.15. The van der Waals surface area contributed by atoms with Crippen molar-refractivity contribution in [3.63, 3.8) is 0 Å². The number of fused-ring (bicyclic) bond motifs is 1. The van der Waals surface area contributed by atoms with Gasteiger partial charge in [0.25, 0.3) is 0 Å². The summed E-state index contributed by atoms with van der Waals surface area (Å²) < 4.78 is 2.03. The summed E-state index contributed by atoms with van der Waals surface area (Å²) in [7, 11) is 0. The number of aliphatic imine (C=N–C) groups is 1. The Hall–Kier alpha value is -2.11. The molecule has 0 radical (unpaired) electrons. The summed E-state index contributed by atoms with van der Waals surface area (Å²) >= 11 is 0. The topological polar surface area (TPSA) is 66.6 Å². The maximum atomic E-state index is 4.74. The van der Waals surface area contributed by atoms with E-state index in [2.05, 4.69) is 34.7 Å². The molecule has 0 bridgehead atoms. The molecule has 1 unspecified atom stereocenters. The van der Waals surface area contributed by atoms with E-state index < -0.39 is 0 Å². The van der Waals surface area contributed by atoms with Crippen LogP contribution >= 0.6 is 0 Å². The third-order valence-corrected chi connectivity index (χ3v) is 5.45. The molecule has 1 fully saturated rings. The Morgan fingerprint density at radius 1 is 1.26 bits per heavy atom. The van der Waals surface area contributed by atoms with Crippen LogP contribution in [0.3, 0.4) is 0 Å². The zero-order chi connectivity index (χ0) is 18.9. The Bertz CT molecular complexity index is 716. The monoisotopic (exact) mass is 370 g/mol. The third-order valence-electron chi connectivity index (χ3n) is 5.45. The lowest BCUT2D eigenvalue weighted by molar-refractivity contribution is 0.322. The summed E-state index contributed by atoms with van der Waals surface area (Å²) in [6.45, 7) is 5.94. The minimum absolute atomic E-state index is 0.443. The molecule has 0 aromatic carbocycles. The summed E-state index contributed by atoms with van der Waals surface area (Å²) in [6, 6.07) is 6.40. The Morgan fingerprint density at radius 2 is 2.11 bits per heavy atom. The first-order valence-corrected chi connectivity index (χ1v) is 10.6. The lowest BCUT2D eigenvalue weighted by atomic mass is 9.85. The summed E-state index contributed by atoms with van der Waals surface area (Å²) in [5.74, 6) is 2.79. The van der Waals surface area contributed by atoms with Crippen LogP contribution in [0.1, 0.15) is 64.6 Å². The Labute approximate surface area is 162 Å². The van der Waals surface area contributed by atoms with Crippen molar-refractivity contribution in [1.29, 1.82) is 0 Å². The zero-order valence-corrected chi connectivity index (χ0v) is 16.8. The van der Waals surface area contributed by atoms with Crippen molar-refractivity contribution >= 4 is 11.6 Å². The fourth-order valence-corrected chi connectivity index (χ4v) is 3.92. The highest BCUT2D eigenvalue weighted by Crippen LogP contribution is 2.27. The molecule has 3 rings (SSSR count). The first-order chi connectivity index (χ1) is 13.3. The molecule has 0 saturated heterocycles. The Balaban J connectivity index is 1.48. The minimum atomic E-state index is 0.443. The molecule has 0 spiro atoms. The molecule has 1 saturated carbocycles. The summed E-state index contributed by atoms with van der Waals surface area (Å²) in [5.41, 5.74) is 0.887. The molecule has 1 aliphatic carbocycles. The third kappa shape index (κ3) is 5.94. The van der Waals surface area contributed by atoms with Gasteiger partial charge in [-0.2, -0.15) is 0 Å². The lowest BCUT2D eigenvalue weighted by Gasteiger charge is -2.24. The SMILES string of the molecule is CCNC(=NCCc1nnc2ccccn12)NC(C)CCC1CCCCC1. The van der Waals surface area contributed by atoms with E-state index in [-0.39, 0.29) is 0 Å². The van der Waals surface area contributed by atoms with Gasteiger partial charge in [0.1, 0.15) is 5.82 Å². The number of aromatic nitrogens is 3. The fourth-order valence-electron chi connectivity index (χ4n) is 3.92. The summed E-state index contributed by atoms with van der Waals surface area (Å²) in [5, 5.41) is 15.4. The molecule has 2 aromatic rings. The normalized spacial score (nSPS) is 17.2. The van der Waals surface area contributed by atoms with Gasteiger partial charge in [-0.1, -0.05) is 38.2 Å². The van der Waals surface area contributed by atoms with Gasteiger partial charge in [0.15, 0.2) is 11.6 Å². The van der Waals surface area contributed by atoms with Gasteiger partial charge in [0.2, 0.25) is 0 Å². The number of nitrogens with zero attached hydrogens (tertiary/aromatic N) is 4. The van der Waals surface area contributed by atoms with Crippen molar-refractivity contribution in [3.05, 3.63) is 30.2 Å². The standard InChI is InChI=1S/C21H34N6/c1-3-22-21(24-17(2)12-13-18-9-5-4-6-10-18)23-15-14-20-26-25-19-11-7-8-16-27(19)20/h7-8,11,16-18H,3-6,9-10,12-15H2,1-2H3,(H2,22,23,24). The van der Waals surface area contributed by atoms with Gasteiger partial charge in [0.05, 0.1) is 0 Å². The van der Waals surface area contributed by atoms with Crippen molar-refractivity contribution < 1.29 is 0 Å². The molecule has 1 aliphatic rings. The van der Waals surface area contributed by atoms with E-state index in [1.54, 1.807) is 0 Å². The Kier molecular flexibility index (Phi) is 7.48. The molecular weight excluding hydrogens is 336 g/mol. The highest BCUT2D eigenvalue weighted by atomic mass is 15.2. The second-order valence-electron chi connectivity index (χ2n) is 7.68. The average Bonchev–Trinajstić information content (AvgIpc) is 3.11. The molecule has 2 heterocycles. The first-order valence-electron chi connectivity index (χ1n) is 10.6. The van der Waals surface area contributed by atoms with Crippen LogP contribution in [0.15, 0.2) is 29.4 Å². The van der Waals surface area contributed by atoms with Crippen molar-refractivity contribution in [2.45, 2.75) is 71.3 Å². The Morgan fingerprint density at radius 3 is 2.93 bits per heavy atom. The number of hydrogen-bond acceptors (Lipinski definition) is 3.